The fourth-order valence-corrected chi connectivity index (χ4v) is 4.90. The van der Waals surface area contributed by atoms with Crippen LogP contribution in [-0.2, 0) is 14.4 Å². The third kappa shape index (κ3) is 9.26. The van der Waals surface area contributed by atoms with Gasteiger partial charge in [-0.25, -0.2) is 8.78 Å². The molecule has 3 N–H and O–H groups in total. The molecule has 1 aliphatic carbocycles. The minimum Gasteiger partial charge on any atom is -1.00 e. The average molecular weight is 674 g/mol. The Balaban J connectivity index is 0.00000312. The van der Waals surface area contributed by atoms with E-state index in [0.717, 1.165) is 25.3 Å². The smallest absolute Gasteiger partial charge is 1.00 e. The number of aromatic nitrogens is 1. The summed E-state index contributed by atoms with van der Waals surface area (Å²) in [5.41, 5.74) is -0.238. The van der Waals surface area contributed by atoms with E-state index in [-0.39, 0.29) is 70.7 Å². The maximum Gasteiger partial charge on any atom is 1.00 e. The summed E-state index contributed by atoms with van der Waals surface area (Å²) < 4.78 is 45.7. The van der Waals surface area contributed by atoms with Crippen molar-refractivity contribution >= 4 is 40.1 Å². The predicted molar refractivity (Wildman–Crippen MR) is 167 cm³/mol. The molecule has 47 heavy (non-hydrogen) atoms. The van der Waals surface area contributed by atoms with Crippen LogP contribution in [0, 0.1) is 17.0 Å². The van der Waals surface area contributed by atoms with Crippen molar-refractivity contribution in [3.05, 3.63) is 78.5 Å². The first kappa shape index (κ1) is 36.2. The largest absolute Gasteiger partial charge is 1.00 e. The van der Waals surface area contributed by atoms with Gasteiger partial charge in [-0.3, -0.25) is 19.4 Å². The van der Waals surface area contributed by atoms with E-state index in [2.05, 4.69) is 15.6 Å². The number of hydrogen-bond acceptors (Lipinski definition) is 7. The fraction of sp³-hybridized carbons (Fsp3) is 0.294. The number of pyridine rings is 1. The van der Waals surface area contributed by atoms with Crippen LogP contribution in [0.15, 0.2) is 66.9 Å². The van der Waals surface area contributed by atoms with E-state index in [9.17, 15) is 18.8 Å². The molecule has 0 atom stereocenters. The van der Waals surface area contributed by atoms with E-state index in [1.807, 2.05) is 0 Å². The molecule has 13 heteroatoms. The van der Waals surface area contributed by atoms with Crippen molar-refractivity contribution < 1.29 is 95.3 Å². The maximum atomic E-state index is 15.2. The molecule has 10 nitrogen and oxygen atoms in total. The molecule has 1 aliphatic rings. The summed E-state index contributed by atoms with van der Waals surface area (Å²) in [6, 6.07) is 14.2. The molecule has 0 bridgehead atoms. The number of halogens is 2. The minimum atomic E-state index is -1.29. The van der Waals surface area contributed by atoms with Crippen LogP contribution >= 0.6 is 0 Å². The van der Waals surface area contributed by atoms with Crippen molar-refractivity contribution in [1.29, 1.82) is 0 Å². The number of rotatable bonds is 15. The van der Waals surface area contributed by atoms with Crippen LogP contribution in [0.5, 0.6) is 23.0 Å². The van der Waals surface area contributed by atoms with Crippen LogP contribution in [0.3, 0.4) is 0 Å². The van der Waals surface area contributed by atoms with Gasteiger partial charge in [0.1, 0.15) is 17.0 Å². The van der Waals surface area contributed by atoms with Crippen LogP contribution in [0.25, 0.3) is 10.9 Å². The number of amides is 2. The van der Waals surface area contributed by atoms with Gasteiger partial charge in [-0.1, -0.05) is 12.8 Å². The number of carbonyl (C=O) groups is 3. The molecule has 3 aromatic carbocycles. The second-order valence-corrected chi connectivity index (χ2v) is 11.0. The Labute approximate surface area is 314 Å². The van der Waals surface area contributed by atoms with Crippen molar-refractivity contribution in [1.82, 2.24) is 4.98 Å². The van der Waals surface area contributed by atoms with Gasteiger partial charge in [0.25, 0.3) is 0 Å². The van der Waals surface area contributed by atoms with Gasteiger partial charge < -0.3 is 31.4 Å². The number of nitrogens with zero attached hydrogens (tertiary/aromatic N) is 1. The first-order chi connectivity index (χ1) is 22.2. The molecule has 2 amide bonds. The number of methoxy groups -OCH3 is 1. The summed E-state index contributed by atoms with van der Waals surface area (Å²) in [7, 11) is 1.50. The van der Waals surface area contributed by atoms with Gasteiger partial charge in [0.2, 0.25) is 11.8 Å². The molecule has 1 heterocycles. The van der Waals surface area contributed by atoms with E-state index in [1.54, 1.807) is 18.2 Å². The van der Waals surface area contributed by atoms with E-state index in [1.165, 1.54) is 49.7 Å². The topological polar surface area (TPSA) is 136 Å². The number of unbranched alkanes of at least 4 members (excludes halogenated alkanes) is 3. The molecule has 1 saturated carbocycles. The van der Waals surface area contributed by atoms with Gasteiger partial charge >= 0.3 is 57.4 Å². The Morgan fingerprint density at radius 1 is 0.851 bits per heavy atom. The van der Waals surface area contributed by atoms with Crippen molar-refractivity contribution in [3.8, 4) is 23.0 Å². The third-order valence-electron chi connectivity index (χ3n) is 7.66. The number of hydrogen-bond donors (Lipinski definition) is 3. The molecular weight excluding hydrogens is 639 g/mol. The summed E-state index contributed by atoms with van der Waals surface area (Å²) in [6.07, 6.45) is 5.34. The molecule has 242 valence electrons. The molecule has 0 aliphatic heterocycles. The van der Waals surface area contributed by atoms with E-state index >= 15 is 4.39 Å². The van der Waals surface area contributed by atoms with Gasteiger partial charge in [0.05, 0.1) is 19.2 Å². The Kier molecular flexibility index (Phi) is 12.7. The Morgan fingerprint density at radius 3 is 2.19 bits per heavy atom. The number of fused-ring (bicyclic) bond motifs is 1. The fourth-order valence-electron chi connectivity index (χ4n) is 4.90. The maximum absolute atomic E-state index is 15.2. The van der Waals surface area contributed by atoms with Crippen LogP contribution in [-0.4, -0.2) is 41.6 Å². The number of benzene rings is 3. The van der Waals surface area contributed by atoms with Gasteiger partial charge in [0, 0.05) is 41.5 Å². The first-order valence-corrected chi connectivity index (χ1v) is 14.9. The summed E-state index contributed by atoms with van der Waals surface area (Å²) in [5, 5.41) is 14.6. The van der Waals surface area contributed by atoms with E-state index in [0.29, 0.717) is 59.7 Å². The van der Waals surface area contributed by atoms with Gasteiger partial charge in [-0.15, -0.1) is 0 Å². The second kappa shape index (κ2) is 16.5. The molecule has 0 saturated heterocycles. The first-order valence-electron chi connectivity index (χ1n) is 14.9. The Bertz CT molecular complexity index is 1760. The molecule has 4 aromatic rings. The Hall–Kier alpha value is -3.62. The molecule has 0 radical (unpaired) electrons. The van der Waals surface area contributed by atoms with Gasteiger partial charge in [-0.2, -0.15) is 0 Å². The number of carboxylic acid groups (broad SMARTS) is 1. The van der Waals surface area contributed by atoms with Crippen LogP contribution < -0.4 is 76.2 Å². The molecule has 0 spiro atoms. The monoisotopic (exact) mass is 673 g/mol. The van der Waals surface area contributed by atoms with Crippen LogP contribution in [0.1, 0.15) is 46.4 Å². The van der Waals surface area contributed by atoms with Crippen LogP contribution in [0.4, 0.5) is 20.2 Å². The van der Waals surface area contributed by atoms with Gasteiger partial charge in [0.15, 0.2) is 23.1 Å². The SMILES string of the molecule is COc1cc2c(Oc3ccc(NC(=O)C4(C(=O)Nc5ccc(F)cc5)CC4)cc3F)ccnc2cc1OCCCCCCC(=O)O.[H-].[K+]. The van der Waals surface area contributed by atoms with E-state index < -0.39 is 34.8 Å². The zero-order chi connectivity index (χ0) is 32.7. The van der Waals surface area contributed by atoms with Crippen molar-refractivity contribution in [3.63, 3.8) is 0 Å². The summed E-state index contributed by atoms with van der Waals surface area (Å²) in [6.45, 7) is 0.416. The van der Waals surface area contributed by atoms with Crippen molar-refractivity contribution in [2.45, 2.75) is 44.9 Å². The number of ether oxygens (including phenoxy) is 3. The number of carbonyl (C=O) groups excluding carboxylic acids is 2. The van der Waals surface area contributed by atoms with Crippen molar-refractivity contribution in [2.75, 3.05) is 24.4 Å². The predicted octanol–water partition coefficient (Wildman–Crippen LogP) is 4.20. The summed E-state index contributed by atoms with van der Waals surface area (Å²) >= 11 is 0. The van der Waals surface area contributed by atoms with Crippen LogP contribution in [0.2, 0.25) is 0 Å². The number of carboxylic acids is 1. The zero-order valence-electron chi connectivity index (χ0n) is 27.1. The number of aliphatic carboxylic acids is 1. The second-order valence-electron chi connectivity index (χ2n) is 11.0. The standard InChI is InChI=1S/C34H33F2N3O7.K.H/c1-44-29-19-24-26(20-30(29)45-17-5-3-2-4-6-31(40)41)37-16-13-27(24)46-28-12-11-23(18-25(28)36)39-33(43)34(14-15-34)32(42)38-22-9-7-21(35)8-10-22;;/h7-13,16,18-20H,2-6,14-15,17H2,1H3,(H,38,42)(H,39,43)(H,40,41);;/q;+1;-1. The summed E-state index contributed by atoms with van der Waals surface area (Å²) in [5.74, 6) is -1.92. The third-order valence-corrected chi connectivity index (χ3v) is 7.66. The zero-order valence-corrected chi connectivity index (χ0v) is 29.2. The average Bonchev–Trinajstić information content (AvgIpc) is 3.85. The number of anilines is 2. The minimum absolute atomic E-state index is 0. The Morgan fingerprint density at radius 2 is 1.53 bits per heavy atom. The quantitative estimate of drug-likeness (QED) is 0.0971. The number of nitrogens with one attached hydrogen (secondary N) is 2. The molecule has 5 rings (SSSR count). The molecular formula is C34H34F2KN3O7. The normalized spacial score (nSPS) is 12.8. The van der Waals surface area contributed by atoms with E-state index in [4.69, 9.17) is 19.3 Å². The molecule has 1 fully saturated rings. The van der Waals surface area contributed by atoms with Gasteiger partial charge in [-0.05, 0) is 74.2 Å². The molecule has 1 aromatic heterocycles. The summed E-state index contributed by atoms with van der Waals surface area (Å²) in [4.78, 5) is 40.9. The molecule has 0 unspecified atom stereocenters. The van der Waals surface area contributed by atoms with Crippen molar-refractivity contribution in [2.24, 2.45) is 5.41 Å².